The van der Waals surface area contributed by atoms with Gasteiger partial charge >= 0.3 is 5.97 Å². The number of ether oxygens (including phenoxy) is 1. The third kappa shape index (κ3) is 3.51. The number of rotatable bonds is 7. The molecule has 0 spiro atoms. The van der Waals surface area contributed by atoms with Gasteiger partial charge in [-0.15, -0.1) is 0 Å². The van der Waals surface area contributed by atoms with Crippen LogP contribution in [0.15, 0.2) is 29.4 Å². The quantitative estimate of drug-likeness (QED) is 0.502. The maximum Gasteiger partial charge on any atom is 0.355 e. The Bertz CT molecular complexity index is 936. The molecular formula is C22H27N3O5. The van der Waals surface area contributed by atoms with Gasteiger partial charge in [0.1, 0.15) is 17.7 Å². The average Bonchev–Trinajstić information content (AvgIpc) is 3.19. The number of benzene rings is 1. The van der Waals surface area contributed by atoms with Crippen molar-refractivity contribution in [2.24, 2.45) is 11.0 Å². The summed E-state index contributed by atoms with van der Waals surface area (Å²) >= 11 is 0. The molecule has 0 radical (unpaired) electrons. The zero-order chi connectivity index (χ0) is 22.2. The molecule has 0 N–H and O–H groups in total. The molecule has 1 saturated heterocycles. The van der Waals surface area contributed by atoms with Crippen molar-refractivity contribution in [3.8, 4) is 0 Å². The molecule has 30 heavy (non-hydrogen) atoms. The minimum Gasteiger partial charge on any atom is -0.461 e. The van der Waals surface area contributed by atoms with Crippen molar-refractivity contribution in [3.63, 3.8) is 0 Å². The molecule has 0 aromatic heterocycles. The topological polar surface area (TPSA) is 96.3 Å². The summed E-state index contributed by atoms with van der Waals surface area (Å²) in [5.74, 6) is -2.82. The van der Waals surface area contributed by atoms with E-state index in [1.807, 2.05) is 19.1 Å². The van der Waals surface area contributed by atoms with Crippen LogP contribution in [-0.4, -0.2) is 52.5 Å². The molecule has 3 rings (SSSR count). The summed E-state index contributed by atoms with van der Waals surface area (Å²) in [6.45, 7) is 8.71. The number of carbonyl (C=O) groups excluding carboxylic acids is 4. The summed E-state index contributed by atoms with van der Waals surface area (Å²) in [5.41, 5.74) is 0.410. The third-order valence-corrected chi connectivity index (χ3v) is 5.45. The Hall–Kier alpha value is -3.03. The van der Waals surface area contributed by atoms with Crippen LogP contribution in [0.2, 0.25) is 0 Å². The lowest BCUT2D eigenvalue weighted by Gasteiger charge is -2.36. The number of Topliss-reactive ketones (excluding diaryl/α,β-unsaturated/α-hetero) is 1. The van der Waals surface area contributed by atoms with Gasteiger partial charge in [-0.3, -0.25) is 19.4 Å². The molecule has 2 unspecified atom stereocenters. The fraction of sp³-hybridized carbons (Fsp3) is 0.500. The highest BCUT2D eigenvalue weighted by molar-refractivity contribution is 6.46. The van der Waals surface area contributed by atoms with Crippen LogP contribution in [-0.2, 0) is 30.3 Å². The van der Waals surface area contributed by atoms with Crippen molar-refractivity contribution in [1.29, 1.82) is 0 Å². The zero-order valence-corrected chi connectivity index (χ0v) is 18.0. The van der Waals surface area contributed by atoms with Crippen molar-refractivity contribution >= 4 is 35.0 Å². The van der Waals surface area contributed by atoms with Gasteiger partial charge in [0.15, 0.2) is 5.71 Å². The van der Waals surface area contributed by atoms with Crippen molar-refractivity contribution in [1.82, 2.24) is 5.01 Å². The first-order valence-corrected chi connectivity index (χ1v) is 10.1. The van der Waals surface area contributed by atoms with E-state index in [9.17, 15) is 19.2 Å². The van der Waals surface area contributed by atoms with E-state index in [2.05, 4.69) is 5.10 Å². The van der Waals surface area contributed by atoms with Gasteiger partial charge < -0.3 is 4.74 Å². The van der Waals surface area contributed by atoms with E-state index < -0.39 is 35.3 Å². The van der Waals surface area contributed by atoms with Gasteiger partial charge in [0, 0.05) is 6.42 Å². The summed E-state index contributed by atoms with van der Waals surface area (Å²) in [6.07, 6.45) is 0.754. The maximum atomic E-state index is 13.5. The Morgan fingerprint density at radius 3 is 2.40 bits per heavy atom. The summed E-state index contributed by atoms with van der Waals surface area (Å²) in [4.78, 5) is 52.4. The fourth-order valence-corrected chi connectivity index (χ4v) is 4.25. The predicted octanol–water partition coefficient (Wildman–Crippen LogP) is 2.10. The van der Waals surface area contributed by atoms with Crippen LogP contribution in [0, 0.1) is 5.92 Å². The van der Waals surface area contributed by atoms with Crippen LogP contribution in [0.1, 0.15) is 46.6 Å². The largest absolute Gasteiger partial charge is 0.461 e. The number of hydrogen-bond acceptors (Lipinski definition) is 7. The molecule has 0 bridgehead atoms. The van der Waals surface area contributed by atoms with Crippen LogP contribution >= 0.6 is 0 Å². The maximum absolute atomic E-state index is 13.5. The number of carbonyl (C=O) groups is 4. The molecule has 0 saturated carbocycles. The summed E-state index contributed by atoms with van der Waals surface area (Å²) in [5, 5.41) is 5.79. The highest BCUT2D eigenvalue weighted by Crippen LogP contribution is 2.40. The number of anilines is 1. The smallest absolute Gasteiger partial charge is 0.355 e. The molecule has 2 atom stereocenters. The molecule has 2 heterocycles. The van der Waals surface area contributed by atoms with Crippen molar-refractivity contribution < 1.29 is 23.9 Å². The van der Waals surface area contributed by atoms with E-state index >= 15 is 0 Å². The minimum atomic E-state index is -1.06. The Kier molecular flexibility index (Phi) is 5.78. The van der Waals surface area contributed by atoms with Crippen molar-refractivity contribution in [3.05, 3.63) is 29.8 Å². The molecule has 1 fully saturated rings. The van der Waals surface area contributed by atoms with E-state index in [0.717, 1.165) is 10.5 Å². The Balaban J connectivity index is 2.10. The lowest BCUT2D eigenvalue weighted by atomic mass is 9.92. The van der Waals surface area contributed by atoms with Gasteiger partial charge in [0.25, 0.3) is 5.91 Å². The van der Waals surface area contributed by atoms with Gasteiger partial charge in [-0.25, -0.2) is 9.69 Å². The number of aryl methyl sites for hydroxylation is 1. The zero-order valence-electron chi connectivity index (χ0n) is 18.0. The molecule has 8 heteroatoms. The predicted molar refractivity (Wildman–Crippen MR) is 111 cm³/mol. The van der Waals surface area contributed by atoms with E-state index in [4.69, 9.17) is 4.74 Å². The number of ketones is 1. The van der Waals surface area contributed by atoms with E-state index in [1.54, 1.807) is 32.9 Å². The van der Waals surface area contributed by atoms with Crippen molar-refractivity contribution in [2.75, 3.05) is 11.5 Å². The lowest BCUT2D eigenvalue weighted by Crippen LogP contribution is -2.50. The monoisotopic (exact) mass is 413 g/mol. The van der Waals surface area contributed by atoms with Gasteiger partial charge in [0.2, 0.25) is 5.91 Å². The number of fused-ring (bicyclic) bond motifs is 1. The van der Waals surface area contributed by atoms with Gasteiger partial charge in [-0.05, 0) is 45.7 Å². The van der Waals surface area contributed by atoms with E-state index in [0.29, 0.717) is 12.1 Å². The van der Waals surface area contributed by atoms with Crippen molar-refractivity contribution in [2.45, 2.75) is 59.0 Å². The highest BCUT2D eigenvalue weighted by Gasteiger charge is 2.61. The number of amides is 2. The summed E-state index contributed by atoms with van der Waals surface area (Å²) < 4.78 is 5.10. The van der Waals surface area contributed by atoms with Crippen LogP contribution in [0.5, 0.6) is 0 Å². The molecule has 160 valence electrons. The normalized spacial score (nSPS) is 21.0. The SMILES string of the molecule is CCOC(=O)C1=NN(C(C)(C)CC(C)=O)C2C(=O)N(c3ccccc3CC)C(=O)C12. The second-order valence-corrected chi connectivity index (χ2v) is 8.16. The standard InChI is InChI=1S/C22H27N3O5/c1-6-14-10-8-9-11-15(14)24-19(27)16-17(21(29)30-7-2)23-25(18(16)20(24)28)22(4,5)12-13(3)26/h8-11,16,18H,6-7,12H2,1-5H3. The average molecular weight is 413 g/mol. The summed E-state index contributed by atoms with van der Waals surface area (Å²) in [7, 11) is 0. The lowest BCUT2D eigenvalue weighted by molar-refractivity contribution is -0.136. The molecule has 8 nitrogen and oxygen atoms in total. The molecule has 2 amide bonds. The van der Waals surface area contributed by atoms with Gasteiger partial charge in [-0.1, -0.05) is 25.1 Å². The molecule has 1 aromatic rings. The number of esters is 1. The van der Waals surface area contributed by atoms with Crippen LogP contribution < -0.4 is 4.90 Å². The summed E-state index contributed by atoms with van der Waals surface area (Å²) in [6, 6.07) is 6.21. The Morgan fingerprint density at radius 2 is 1.80 bits per heavy atom. The molecule has 1 aromatic carbocycles. The Morgan fingerprint density at radius 1 is 1.13 bits per heavy atom. The number of nitrogens with zero attached hydrogens (tertiary/aromatic N) is 3. The third-order valence-electron chi connectivity index (χ3n) is 5.45. The highest BCUT2D eigenvalue weighted by atomic mass is 16.5. The molecular weight excluding hydrogens is 386 g/mol. The molecule has 2 aliphatic heterocycles. The second-order valence-electron chi connectivity index (χ2n) is 8.16. The molecule has 2 aliphatic rings. The van der Waals surface area contributed by atoms with Crippen LogP contribution in [0.4, 0.5) is 5.69 Å². The Labute approximate surface area is 175 Å². The molecule has 0 aliphatic carbocycles. The minimum absolute atomic E-state index is 0.0821. The number of para-hydroxylation sites is 1. The van der Waals surface area contributed by atoms with Crippen LogP contribution in [0.25, 0.3) is 0 Å². The van der Waals surface area contributed by atoms with E-state index in [-0.39, 0.29) is 24.5 Å². The fourth-order valence-electron chi connectivity index (χ4n) is 4.25. The number of imide groups is 1. The first-order valence-electron chi connectivity index (χ1n) is 10.1. The second kappa shape index (κ2) is 8.01. The first-order chi connectivity index (χ1) is 14.1. The first kappa shape index (κ1) is 21.7. The number of hydrazone groups is 1. The van der Waals surface area contributed by atoms with Gasteiger partial charge in [0.05, 0.1) is 17.8 Å². The number of hydrogen-bond donors (Lipinski definition) is 0. The van der Waals surface area contributed by atoms with Gasteiger partial charge in [-0.2, -0.15) is 5.10 Å². The van der Waals surface area contributed by atoms with Crippen LogP contribution in [0.3, 0.4) is 0 Å². The van der Waals surface area contributed by atoms with E-state index in [1.165, 1.54) is 11.9 Å².